The molecule has 1 aliphatic rings. The third kappa shape index (κ3) is 4.69. The van der Waals surface area contributed by atoms with Crippen LogP contribution in [0.4, 0.5) is 5.69 Å². The van der Waals surface area contributed by atoms with E-state index >= 15 is 0 Å². The van der Waals surface area contributed by atoms with Crippen LogP contribution >= 0.6 is 0 Å². The number of carbonyl (C=O) groups excluding carboxylic acids is 2. The van der Waals surface area contributed by atoms with Gasteiger partial charge in [-0.1, -0.05) is 26.2 Å². The van der Waals surface area contributed by atoms with Crippen molar-refractivity contribution in [3.05, 3.63) is 28.2 Å². The number of aromatic nitrogens is 1. The second kappa shape index (κ2) is 8.66. The highest BCUT2D eigenvalue weighted by Crippen LogP contribution is 2.14. The van der Waals surface area contributed by atoms with E-state index in [4.69, 9.17) is 0 Å². The van der Waals surface area contributed by atoms with Gasteiger partial charge < -0.3 is 14.8 Å². The molecule has 0 aromatic carbocycles. The number of hydrogen-bond donors (Lipinski definition) is 1. The predicted octanol–water partition coefficient (Wildman–Crippen LogP) is 2.53. The molecule has 2 amide bonds. The Hall–Kier alpha value is -2.11. The van der Waals surface area contributed by atoms with E-state index in [-0.39, 0.29) is 23.1 Å². The monoisotopic (exact) mass is 333 g/mol. The van der Waals surface area contributed by atoms with Gasteiger partial charge in [0, 0.05) is 32.8 Å². The highest BCUT2D eigenvalue weighted by atomic mass is 16.2. The Bertz CT molecular complexity index is 643. The molecular weight excluding hydrogens is 306 g/mol. The van der Waals surface area contributed by atoms with Gasteiger partial charge in [-0.25, -0.2) is 0 Å². The maximum atomic E-state index is 12.7. The van der Waals surface area contributed by atoms with Crippen LogP contribution in [0.15, 0.2) is 17.1 Å². The van der Waals surface area contributed by atoms with Crippen molar-refractivity contribution in [3.8, 4) is 0 Å². The van der Waals surface area contributed by atoms with Gasteiger partial charge in [-0.15, -0.1) is 0 Å². The molecule has 1 aromatic rings. The molecule has 0 radical (unpaired) electrons. The molecule has 0 unspecified atom stereocenters. The van der Waals surface area contributed by atoms with E-state index in [0.29, 0.717) is 12.0 Å². The average molecular weight is 333 g/mol. The molecule has 1 fully saturated rings. The summed E-state index contributed by atoms with van der Waals surface area (Å²) in [6.45, 7) is 3.51. The van der Waals surface area contributed by atoms with Crippen LogP contribution in [0.5, 0.6) is 0 Å². The molecule has 2 rings (SSSR count). The van der Waals surface area contributed by atoms with Crippen molar-refractivity contribution >= 4 is 17.5 Å². The van der Waals surface area contributed by atoms with E-state index in [1.807, 2.05) is 11.8 Å². The lowest BCUT2D eigenvalue weighted by Gasteiger charge is -2.21. The number of hydrogen-bond acceptors (Lipinski definition) is 3. The molecule has 6 heteroatoms. The van der Waals surface area contributed by atoms with E-state index in [9.17, 15) is 14.4 Å². The van der Waals surface area contributed by atoms with Crippen LogP contribution in [0.3, 0.4) is 0 Å². The lowest BCUT2D eigenvalue weighted by Crippen LogP contribution is -2.33. The fourth-order valence-electron chi connectivity index (χ4n) is 2.92. The number of pyridine rings is 1. The number of nitrogens with zero attached hydrogens (tertiary/aromatic N) is 2. The van der Waals surface area contributed by atoms with Crippen molar-refractivity contribution in [1.29, 1.82) is 0 Å². The van der Waals surface area contributed by atoms with Crippen molar-refractivity contribution in [2.24, 2.45) is 7.05 Å². The predicted molar refractivity (Wildman–Crippen MR) is 94.2 cm³/mol. The lowest BCUT2D eigenvalue weighted by molar-refractivity contribution is -0.116. The van der Waals surface area contributed by atoms with Crippen LogP contribution in [-0.2, 0) is 11.8 Å². The van der Waals surface area contributed by atoms with Gasteiger partial charge in [0.15, 0.2) is 0 Å². The highest BCUT2D eigenvalue weighted by molar-refractivity contribution is 5.96. The third-order valence-corrected chi connectivity index (χ3v) is 4.36. The molecule has 0 atom stereocenters. The molecule has 0 bridgehead atoms. The zero-order valence-electron chi connectivity index (χ0n) is 14.6. The second-order valence-corrected chi connectivity index (χ2v) is 6.42. The minimum absolute atomic E-state index is 0.0726. The summed E-state index contributed by atoms with van der Waals surface area (Å²) in [7, 11) is 1.60. The van der Waals surface area contributed by atoms with Crippen LogP contribution < -0.4 is 10.9 Å². The molecule has 1 aliphatic heterocycles. The Morgan fingerprint density at radius 3 is 2.46 bits per heavy atom. The number of nitrogens with one attached hydrogen (secondary N) is 1. The number of anilines is 1. The zero-order valence-corrected chi connectivity index (χ0v) is 14.6. The maximum Gasteiger partial charge on any atom is 0.274 e. The van der Waals surface area contributed by atoms with Gasteiger partial charge >= 0.3 is 0 Å². The van der Waals surface area contributed by atoms with Crippen LogP contribution in [0.2, 0.25) is 0 Å². The van der Waals surface area contributed by atoms with Gasteiger partial charge in [-0.2, -0.15) is 0 Å². The number of likely N-dealkylation sites (tertiary alicyclic amines) is 1. The Balaban J connectivity index is 2.20. The van der Waals surface area contributed by atoms with Crippen LogP contribution in [0.1, 0.15) is 62.2 Å². The maximum absolute atomic E-state index is 12.7. The lowest BCUT2D eigenvalue weighted by atomic mass is 10.2. The molecule has 0 saturated carbocycles. The summed E-state index contributed by atoms with van der Waals surface area (Å²) < 4.78 is 1.36. The van der Waals surface area contributed by atoms with Crippen molar-refractivity contribution in [2.75, 3.05) is 18.4 Å². The van der Waals surface area contributed by atoms with E-state index in [0.717, 1.165) is 51.6 Å². The van der Waals surface area contributed by atoms with Gasteiger partial charge in [0.2, 0.25) is 5.91 Å². The summed E-state index contributed by atoms with van der Waals surface area (Å²) in [5, 5.41) is 2.65. The van der Waals surface area contributed by atoms with Crippen LogP contribution in [0.25, 0.3) is 0 Å². The smallest absolute Gasteiger partial charge is 0.274 e. The Morgan fingerprint density at radius 1 is 1.17 bits per heavy atom. The summed E-state index contributed by atoms with van der Waals surface area (Å²) in [5.41, 5.74) is 0.330. The fraction of sp³-hybridized carbons (Fsp3) is 0.611. The summed E-state index contributed by atoms with van der Waals surface area (Å²) >= 11 is 0. The zero-order chi connectivity index (χ0) is 17.5. The Morgan fingerprint density at radius 2 is 1.83 bits per heavy atom. The number of unbranched alkanes of at least 4 members (excludes halogenated alkanes) is 1. The molecule has 6 nitrogen and oxygen atoms in total. The van der Waals surface area contributed by atoms with Crippen LogP contribution in [0, 0.1) is 0 Å². The molecule has 132 valence electrons. The van der Waals surface area contributed by atoms with E-state index < -0.39 is 0 Å². The van der Waals surface area contributed by atoms with E-state index in [2.05, 4.69) is 5.32 Å². The molecule has 24 heavy (non-hydrogen) atoms. The first kappa shape index (κ1) is 18.2. The normalized spacial score (nSPS) is 15.0. The standard InChI is InChI=1S/C18H27N3O3/c1-3-4-9-16(22)19-15-12-14(13-20(2)18(15)24)17(23)21-10-7-5-6-8-11-21/h12-13H,3-11H2,1-2H3,(H,19,22). The fourth-order valence-corrected chi connectivity index (χ4v) is 2.92. The van der Waals surface area contributed by atoms with Crippen molar-refractivity contribution in [3.63, 3.8) is 0 Å². The molecule has 1 aromatic heterocycles. The Kier molecular flexibility index (Phi) is 6.58. The molecular formula is C18H27N3O3. The molecule has 1 saturated heterocycles. The quantitative estimate of drug-likeness (QED) is 0.900. The average Bonchev–Trinajstić information content (AvgIpc) is 2.85. The number of rotatable bonds is 5. The summed E-state index contributed by atoms with van der Waals surface area (Å²) in [6.07, 6.45) is 7.94. The molecule has 0 spiro atoms. The largest absolute Gasteiger partial charge is 0.339 e. The highest BCUT2D eigenvalue weighted by Gasteiger charge is 2.19. The van der Waals surface area contributed by atoms with Gasteiger partial charge in [-0.3, -0.25) is 14.4 Å². The van der Waals surface area contributed by atoms with Gasteiger partial charge in [0.1, 0.15) is 5.69 Å². The summed E-state index contributed by atoms with van der Waals surface area (Å²) in [5.74, 6) is -0.259. The summed E-state index contributed by atoms with van der Waals surface area (Å²) in [6, 6.07) is 1.51. The minimum Gasteiger partial charge on any atom is -0.339 e. The number of carbonyl (C=O) groups is 2. The molecule has 2 heterocycles. The first-order chi connectivity index (χ1) is 11.5. The summed E-state index contributed by atoms with van der Waals surface area (Å²) in [4.78, 5) is 38.7. The van der Waals surface area contributed by atoms with Gasteiger partial charge in [-0.05, 0) is 25.3 Å². The van der Waals surface area contributed by atoms with Crippen molar-refractivity contribution < 1.29 is 9.59 Å². The van der Waals surface area contributed by atoms with Crippen molar-refractivity contribution in [1.82, 2.24) is 9.47 Å². The SMILES string of the molecule is CCCCC(=O)Nc1cc(C(=O)N2CCCCCC2)cn(C)c1=O. The van der Waals surface area contributed by atoms with Crippen molar-refractivity contribution in [2.45, 2.75) is 51.9 Å². The van der Waals surface area contributed by atoms with E-state index in [1.54, 1.807) is 13.2 Å². The second-order valence-electron chi connectivity index (χ2n) is 6.42. The first-order valence-electron chi connectivity index (χ1n) is 8.82. The number of aryl methyl sites for hydroxylation is 1. The van der Waals surface area contributed by atoms with Crippen LogP contribution in [-0.4, -0.2) is 34.4 Å². The number of amides is 2. The van der Waals surface area contributed by atoms with Gasteiger partial charge in [0.25, 0.3) is 11.5 Å². The van der Waals surface area contributed by atoms with Gasteiger partial charge in [0.05, 0.1) is 5.56 Å². The molecule has 0 aliphatic carbocycles. The first-order valence-corrected chi connectivity index (χ1v) is 8.82. The van der Waals surface area contributed by atoms with E-state index in [1.165, 1.54) is 10.6 Å². The molecule has 1 N–H and O–H groups in total. The topological polar surface area (TPSA) is 71.4 Å². The minimum atomic E-state index is -0.299. The third-order valence-electron chi connectivity index (χ3n) is 4.36. The Labute approximate surface area is 142 Å².